The monoisotopic (exact) mass is 368 g/mol. The summed E-state index contributed by atoms with van der Waals surface area (Å²) in [6, 6.07) is 8.86. The van der Waals surface area contributed by atoms with E-state index in [0.29, 0.717) is 0 Å². The summed E-state index contributed by atoms with van der Waals surface area (Å²) in [6.45, 7) is -1.57. The molecule has 1 aromatic heterocycles. The molecule has 0 bridgehead atoms. The SMILES string of the molecule is COC(=O)c1cccc(C(=O)NCc2cccnc2OCC(F)(F)F)c1. The fourth-order valence-corrected chi connectivity index (χ4v) is 2.02. The lowest BCUT2D eigenvalue weighted by molar-refractivity contribution is -0.154. The Morgan fingerprint density at radius 3 is 2.58 bits per heavy atom. The van der Waals surface area contributed by atoms with E-state index < -0.39 is 24.7 Å². The van der Waals surface area contributed by atoms with Gasteiger partial charge in [-0.1, -0.05) is 12.1 Å². The molecule has 2 aromatic rings. The van der Waals surface area contributed by atoms with E-state index in [0.717, 1.165) is 0 Å². The molecule has 0 aliphatic carbocycles. The number of nitrogens with zero attached hydrogens (tertiary/aromatic N) is 1. The van der Waals surface area contributed by atoms with Gasteiger partial charge in [0.25, 0.3) is 5.91 Å². The molecule has 0 aliphatic heterocycles. The molecule has 9 heteroatoms. The summed E-state index contributed by atoms with van der Waals surface area (Å²) < 4.78 is 46.1. The quantitative estimate of drug-likeness (QED) is 0.794. The van der Waals surface area contributed by atoms with Gasteiger partial charge >= 0.3 is 12.1 Å². The first-order valence-electron chi connectivity index (χ1n) is 7.40. The Morgan fingerprint density at radius 2 is 1.88 bits per heavy atom. The Labute approximate surface area is 146 Å². The lowest BCUT2D eigenvalue weighted by atomic mass is 10.1. The number of pyridine rings is 1. The van der Waals surface area contributed by atoms with Gasteiger partial charge in [-0.15, -0.1) is 0 Å². The zero-order valence-corrected chi connectivity index (χ0v) is 13.7. The largest absolute Gasteiger partial charge is 0.468 e. The van der Waals surface area contributed by atoms with Crippen molar-refractivity contribution in [1.29, 1.82) is 0 Å². The number of alkyl halides is 3. The Morgan fingerprint density at radius 1 is 1.15 bits per heavy atom. The Bertz CT molecular complexity index is 794. The van der Waals surface area contributed by atoms with Crippen molar-refractivity contribution in [2.45, 2.75) is 12.7 Å². The smallest absolute Gasteiger partial charge is 0.422 e. The number of hydrogen-bond donors (Lipinski definition) is 1. The second-order valence-electron chi connectivity index (χ2n) is 5.13. The molecule has 2 rings (SSSR count). The first-order chi connectivity index (χ1) is 12.3. The van der Waals surface area contributed by atoms with Gasteiger partial charge in [0.2, 0.25) is 5.88 Å². The van der Waals surface area contributed by atoms with Crippen molar-refractivity contribution in [2.24, 2.45) is 0 Å². The minimum Gasteiger partial charge on any atom is -0.468 e. The lowest BCUT2D eigenvalue weighted by Gasteiger charge is -2.12. The molecular weight excluding hydrogens is 353 g/mol. The highest BCUT2D eigenvalue weighted by Gasteiger charge is 2.29. The van der Waals surface area contributed by atoms with Crippen molar-refractivity contribution >= 4 is 11.9 Å². The molecule has 26 heavy (non-hydrogen) atoms. The number of halogens is 3. The number of carbonyl (C=O) groups is 2. The van der Waals surface area contributed by atoms with Crippen LogP contribution in [-0.2, 0) is 11.3 Å². The van der Waals surface area contributed by atoms with Crippen molar-refractivity contribution in [3.8, 4) is 5.88 Å². The third-order valence-electron chi connectivity index (χ3n) is 3.21. The molecule has 138 valence electrons. The van der Waals surface area contributed by atoms with Crippen LogP contribution in [0.15, 0.2) is 42.6 Å². The Kier molecular flexibility index (Phi) is 6.16. The number of hydrogen-bond acceptors (Lipinski definition) is 5. The Balaban J connectivity index is 2.05. The molecule has 0 spiro atoms. The minimum absolute atomic E-state index is 0.0949. The predicted molar refractivity (Wildman–Crippen MR) is 84.7 cm³/mol. The summed E-state index contributed by atoms with van der Waals surface area (Å²) in [6.07, 6.45) is -3.21. The minimum atomic E-state index is -4.49. The van der Waals surface area contributed by atoms with Crippen LogP contribution in [0.2, 0.25) is 0 Å². The topological polar surface area (TPSA) is 77.5 Å². The molecular formula is C17H15F3N2O4. The van der Waals surface area contributed by atoms with E-state index in [9.17, 15) is 22.8 Å². The third kappa shape index (κ3) is 5.47. The predicted octanol–water partition coefficient (Wildman–Crippen LogP) is 2.74. The van der Waals surface area contributed by atoms with E-state index in [1.54, 1.807) is 0 Å². The van der Waals surface area contributed by atoms with Crippen LogP contribution in [0.4, 0.5) is 13.2 Å². The number of ether oxygens (including phenoxy) is 2. The maximum absolute atomic E-state index is 12.3. The molecule has 0 unspecified atom stereocenters. The summed E-state index contributed by atoms with van der Waals surface area (Å²) in [5, 5.41) is 2.54. The first-order valence-corrected chi connectivity index (χ1v) is 7.40. The molecule has 0 radical (unpaired) electrons. The summed E-state index contributed by atoms with van der Waals surface area (Å²) in [7, 11) is 1.22. The van der Waals surface area contributed by atoms with Gasteiger partial charge < -0.3 is 14.8 Å². The van der Waals surface area contributed by atoms with E-state index >= 15 is 0 Å². The second kappa shape index (κ2) is 8.32. The number of benzene rings is 1. The van der Waals surface area contributed by atoms with E-state index in [2.05, 4.69) is 19.8 Å². The van der Waals surface area contributed by atoms with Crippen LogP contribution in [0.3, 0.4) is 0 Å². The number of nitrogens with one attached hydrogen (secondary N) is 1. The molecule has 0 fully saturated rings. The van der Waals surface area contributed by atoms with Crippen LogP contribution in [0.1, 0.15) is 26.3 Å². The highest BCUT2D eigenvalue weighted by Crippen LogP contribution is 2.20. The van der Waals surface area contributed by atoms with Gasteiger partial charge in [-0.25, -0.2) is 9.78 Å². The van der Waals surface area contributed by atoms with Gasteiger partial charge in [0.1, 0.15) is 0 Å². The molecule has 1 amide bonds. The fraction of sp³-hybridized carbons (Fsp3) is 0.235. The van der Waals surface area contributed by atoms with Gasteiger partial charge in [-0.2, -0.15) is 13.2 Å². The van der Waals surface area contributed by atoms with E-state index in [1.165, 1.54) is 49.7 Å². The number of amides is 1. The summed E-state index contributed by atoms with van der Waals surface area (Å²) in [5.41, 5.74) is 0.694. The van der Waals surface area contributed by atoms with Crippen LogP contribution in [0.25, 0.3) is 0 Å². The average Bonchev–Trinajstić information content (AvgIpc) is 2.63. The van der Waals surface area contributed by atoms with Crippen LogP contribution < -0.4 is 10.1 Å². The van der Waals surface area contributed by atoms with E-state index in [1.807, 2.05) is 0 Å². The molecule has 6 nitrogen and oxygen atoms in total. The average molecular weight is 368 g/mol. The fourth-order valence-electron chi connectivity index (χ4n) is 2.02. The maximum Gasteiger partial charge on any atom is 0.422 e. The second-order valence-corrected chi connectivity index (χ2v) is 5.13. The van der Waals surface area contributed by atoms with Gasteiger partial charge in [0.05, 0.1) is 12.7 Å². The molecule has 1 heterocycles. The van der Waals surface area contributed by atoms with Crippen molar-refractivity contribution in [2.75, 3.05) is 13.7 Å². The molecule has 0 atom stereocenters. The van der Waals surface area contributed by atoms with Crippen molar-refractivity contribution < 1.29 is 32.2 Å². The summed E-state index contributed by atoms with van der Waals surface area (Å²) >= 11 is 0. The molecule has 1 N–H and O–H groups in total. The number of aromatic nitrogens is 1. The zero-order valence-electron chi connectivity index (χ0n) is 13.7. The van der Waals surface area contributed by atoms with Crippen molar-refractivity contribution in [3.63, 3.8) is 0 Å². The normalized spacial score (nSPS) is 10.9. The Hall–Kier alpha value is -3.10. The van der Waals surface area contributed by atoms with Gasteiger partial charge in [-0.05, 0) is 24.3 Å². The van der Waals surface area contributed by atoms with Crippen LogP contribution in [-0.4, -0.2) is 36.8 Å². The zero-order chi connectivity index (χ0) is 19.2. The lowest BCUT2D eigenvalue weighted by Crippen LogP contribution is -2.24. The van der Waals surface area contributed by atoms with Gasteiger partial charge in [0.15, 0.2) is 6.61 Å². The van der Waals surface area contributed by atoms with Crippen molar-refractivity contribution in [1.82, 2.24) is 10.3 Å². The first kappa shape index (κ1) is 19.2. The third-order valence-corrected chi connectivity index (χ3v) is 3.21. The standard InChI is InChI=1S/C17H15F3N2O4/c1-25-16(24)12-5-2-4-11(8-12)14(23)22-9-13-6-3-7-21-15(13)26-10-17(18,19)20/h2-8H,9-10H2,1H3,(H,22,23). The number of esters is 1. The van der Waals surface area contributed by atoms with E-state index in [-0.39, 0.29) is 29.1 Å². The van der Waals surface area contributed by atoms with Crippen LogP contribution in [0.5, 0.6) is 5.88 Å². The number of rotatable bonds is 6. The number of carbonyl (C=O) groups excluding carboxylic acids is 2. The summed E-state index contributed by atoms with van der Waals surface area (Å²) in [5.74, 6) is -1.32. The molecule has 0 aliphatic rings. The molecule has 1 aromatic carbocycles. The summed E-state index contributed by atoms with van der Waals surface area (Å²) in [4.78, 5) is 27.4. The van der Waals surface area contributed by atoms with E-state index in [4.69, 9.17) is 0 Å². The maximum atomic E-state index is 12.3. The highest BCUT2D eigenvalue weighted by molar-refractivity contribution is 5.97. The van der Waals surface area contributed by atoms with Crippen LogP contribution >= 0.6 is 0 Å². The van der Waals surface area contributed by atoms with Crippen molar-refractivity contribution in [3.05, 3.63) is 59.3 Å². The molecule has 0 saturated carbocycles. The highest BCUT2D eigenvalue weighted by atomic mass is 19.4. The molecule has 0 saturated heterocycles. The van der Waals surface area contributed by atoms with Gasteiger partial charge in [0, 0.05) is 23.9 Å². The number of methoxy groups -OCH3 is 1. The van der Waals surface area contributed by atoms with Crippen LogP contribution in [0, 0.1) is 0 Å². The van der Waals surface area contributed by atoms with Gasteiger partial charge in [-0.3, -0.25) is 4.79 Å².